The van der Waals surface area contributed by atoms with E-state index in [9.17, 15) is 14.4 Å². The van der Waals surface area contributed by atoms with Gasteiger partial charge in [-0.25, -0.2) is 4.79 Å². The van der Waals surface area contributed by atoms with Crippen LogP contribution in [0.25, 0.3) is 0 Å². The molecule has 0 radical (unpaired) electrons. The summed E-state index contributed by atoms with van der Waals surface area (Å²) in [5.41, 5.74) is 5.69. The van der Waals surface area contributed by atoms with Crippen LogP contribution >= 0.6 is 0 Å². The summed E-state index contributed by atoms with van der Waals surface area (Å²) >= 11 is 0. The molecule has 1 aliphatic heterocycles. The number of anilines is 1. The predicted octanol–water partition coefficient (Wildman–Crippen LogP) is 1.43. The van der Waals surface area contributed by atoms with E-state index in [1.807, 2.05) is 37.3 Å². The van der Waals surface area contributed by atoms with Crippen LogP contribution in [0.2, 0.25) is 0 Å². The van der Waals surface area contributed by atoms with E-state index in [0.29, 0.717) is 25.9 Å². The second-order valence-electron chi connectivity index (χ2n) is 6.61. The monoisotopic (exact) mass is 346 g/mol. The smallest absolute Gasteiger partial charge is 0.331 e. The van der Waals surface area contributed by atoms with Gasteiger partial charge in [0.2, 0.25) is 11.8 Å². The number of benzene rings is 1. The van der Waals surface area contributed by atoms with Crippen LogP contribution in [0.15, 0.2) is 30.3 Å². The fourth-order valence-corrected chi connectivity index (χ4v) is 3.11. The van der Waals surface area contributed by atoms with Gasteiger partial charge < -0.3 is 10.6 Å². The Morgan fingerprint density at radius 1 is 1.16 bits per heavy atom. The minimum Gasteiger partial charge on any atom is -0.341 e. The Hall–Kier alpha value is -2.41. The molecule has 1 heterocycles. The number of rotatable bonds is 3. The molecule has 7 nitrogen and oxygen atoms in total. The summed E-state index contributed by atoms with van der Waals surface area (Å²) < 4.78 is 0. The lowest BCUT2D eigenvalue weighted by atomic mass is 9.87. The average Bonchev–Trinajstić information content (AvgIpc) is 2.61. The highest BCUT2D eigenvalue weighted by Crippen LogP contribution is 2.34. The lowest BCUT2D eigenvalue weighted by Crippen LogP contribution is -2.60. The van der Waals surface area contributed by atoms with Gasteiger partial charge in [0.15, 0.2) is 0 Å². The highest BCUT2D eigenvalue weighted by molar-refractivity contribution is 6.02. The van der Waals surface area contributed by atoms with E-state index < -0.39 is 5.54 Å². The summed E-state index contributed by atoms with van der Waals surface area (Å²) in [6.45, 7) is 4.42. The standard InChI is InChI=1S/C18H26N4O3/c1-14(23)20(3)17(25)22(15-7-5-4-6-8-15)18(2)9-11-21(12-10-18)16(24)13-19/h4-8H,9-13,19H2,1-3H3. The average molecular weight is 346 g/mol. The zero-order valence-corrected chi connectivity index (χ0v) is 15.1. The number of hydrogen-bond donors (Lipinski definition) is 1. The van der Waals surface area contributed by atoms with Crippen molar-refractivity contribution in [2.45, 2.75) is 32.2 Å². The number of carbonyl (C=O) groups is 3. The van der Waals surface area contributed by atoms with Gasteiger partial charge in [-0.3, -0.25) is 19.4 Å². The third-order valence-electron chi connectivity index (χ3n) is 4.87. The first-order chi connectivity index (χ1) is 11.8. The maximum atomic E-state index is 13.0. The number of para-hydroxylation sites is 1. The highest BCUT2D eigenvalue weighted by atomic mass is 16.2. The van der Waals surface area contributed by atoms with E-state index >= 15 is 0 Å². The highest BCUT2D eigenvalue weighted by Gasteiger charge is 2.41. The molecule has 7 heteroatoms. The SMILES string of the molecule is CC(=O)N(C)C(=O)N(c1ccccc1)C1(C)CCN(C(=O)CN)CC1. The van der Waals surface area contributed by atoms with Crippen molar-refractivity contribution in [2.24, 2.45) is 5.73 Å². The normalized spacial score (nSPS) is 16.2. The van der Waals surface area contributed by atoms with Gasteiger partial charge in [0.1, 0.15) is 0 Å². The van der Waals surface area contributed by atoms with Crippen molar-refractivity contribution in [3.05, 3.63) is 30.3 Å². The maximum Gasteiger partial charge on any atom is 0.331 e. The molecule has 1 aliphatic rings. The van der Waals surface area contributed by atoms with Gasteiger partial charge in [-0.1, -0.05) is 18.2 Å². The second-order valence-corrected chi connectivity index (χ2v) is 6.61. The van der Waals surface area contributed by atoms with E-state index in [-0.39, 0.29) is 24.4 Å². The number of amides is 4. The molecule has 0 saturated carbocycles. The van der Waals surface area contributed by atoms with Crippen LogP contribution in [-0.4, -0.2) is 59.9 Å². The molecule has 0 unspecified atom stereocenters. The number of imide groups is 1. The Morgan fingerprint density at radius 2 is 1.72 bits per heavy atom. The van der Waals surface area contributed by atoms with Crippen molar-refractivity contribution in [3.8, 4) is 0 Å². The van der Waals surface area contributed by atoms with Crippen LogP contribution < -0.4 is 10.6 Å². The summed E-state index contributed by atoms with van der Waals surface area (Å²) in [4.78, 5) is 41.0. The molecule has 2 rings (SSSR count). The van der Waals surface area contributed by atoms with Crippen molar-refractivity contribution < 1.29 is 14.4 Å². The number of hydrogen-bond acceptors (Lipinski definition) is 4. The lowest BCUT2D eigenvalue weighted by molar-refractivity contribution is -0.131. The van der Waals surface area contributed by atoms with Crippen molar-refractivity contribution in [2.75, 3.05) is 31.6 Å². The minimum atomic E-state index is -0.493. The number of nitrogens with two attached hydrogens (primary N) is 1. The molecular weight excluding hydrogens is 320 g/mol. The summed E-state index contributed by atoms with van der Waals surface area (Å²) in [7, 11) is 1.48. The molecule has 2 N–H and O–H groups in total. The van der Waals surface area contributed by atoms with Crippen LogP contribution in [-0.2, 0) is 9.59 Å². The molecule has 0 spiro atoms. The first-order valence-corrected chi connectivity index (χ1v) is 8.41. The fraction of sp³-hybridized carbons (Fsp3) is 0.500. The Kier molecular flexibility index (Phi) is 5.79. The van der Waals surface area contributed by atoms with E-state index in [2.05, 4.69) is 0 Å². The molecule has 136 valence electrons. The number of urea groups is 1. The lowest BCUT2D eigenvalue weighted by Gasteiger charge is -2.47. The summed E-state index contributed by atoms with van der Waals surface area (Å²) in [6, 6.07) is 8.95. The quantitative estimate of drug-likeness (QED) is 0.897. The predicted molar refractivity (Wildman–Crippen MR) is 96.0 cm³/mol. The topological polar surface area (TPSA) is 87.0 Å². The van der Waals surface area contributed by atoms with Crippen LogP contribution in [0.5, 0.6) is 0 Å². The fourth-order valence-electron chi connectivity index (χ4n) is 3.11. The zero-order valence-electron chi connectivity index (χ0n) is 15.1. The molecule has 0 bridgehead atoms. The van der Waals surface area contributed by atoms with Gasteiger partial charge in [0, 0.05) is 32.7 Å². The zero-order chi connectivity index (χ0) is 18.6. The van der Waals surface area contributed by atoms with Gasteiger partial charge >= 0.3 is 6.03 Å². The Labute approximate surface area is 148 Å². The summed E-state index contributed by atoms with van der Waals surface area (Å²) in [6.07, 6.45) is 1.23. The molecule has 25 heavy (non-hydrogen) atoms. The molecule has 1 aromatic rings. The first-order valence-electron chi connectivity index (χ1n) is 8.41. The maximum absolute atomic E-state index is 13.0. The van der Waals surface area contributed by atoms with Crippen molar-refractivity contribution >= 4 is 23.5 Å². The van der Waals surface area contributed by atoms with Gasteiger partial charge in [-0.2, -0.15) is 0 Å². The summed E-state index contributed by atoms with van der Waals surface area (Å²) in [5.74, 6) is -0.397. The molecule has 0 atom stereocenters. The van der Waals surface area contributed by atoms with Gasteiger partial charge in [-0.15, -0.1) is 0 Å². The third kappa shape index (κ3) is 3.99. The Balaban J connectivity index is 2.31. The van der Waals surface area contributed by atoms with Crippen molar-refractivity contribution in [1.82, 2.24) is 9.80 Å². The third-order valence-corrected chi connectivity index (χ3v) is 4.87. The van der Waals surface area contributed by atoms with E-state index in [0.717, 1.165) is 10.6 Å². The van der Waals surface area contributed by atoms with E-state index in [1.54, 1.807) is 9.80 Å². The van der Waals surface area contributed by atoms with Crippen LogP contribution in [0.1, 0.15) is 26.7 Å². The number of nitrogens with zero attached hydrogens (tertiary/aromatic N) is 3. The Morgan fingerprint density at radius 3 is 2.20 bits per heavy atom. The molecular formula is C18H26N4O3. The van der Waals surface area contributed by atoms with Crippen LogP contribution in [0.3, 0.4) is 0 Å². The molecule has 1 saturated heterocycles. The Bertz CT molecular complexity index is 639. The van der Waals surface area contributed by atoms with E-state index in [4.69, 9.17) is 5.73 Å². The molecule has 0 aliphatic carbocycles. The van der Waals surface area contributed by atoms with Gasteiger partial charge in [0.05, 0.1) is 12.1 Å². The largest absolute Gasteiger partial charge is 0.341 e. The number of piperidine rings is 1. The second kappa shape index (κ2) is 7.65. The molecule has 0 aromatic heterocycles. The van der Waals surface area contributed by atoms with Gasteiger partial charge in [-0.05, 0) is 31.9 Å². The van der Waals surface area contributed by atoms with E-state index in [1.165, 1.54) is 14.0 Å². The van der Waals surface area contributed by atoms with Crippen LogP contribution in [0, 0.1) is 0 Å². The number of likely N-dealkylation sites (tertiary alicyclic amines) is 1. The van der Waals surface area contributed by atoms with Crippen molar-refractivity contribution in [3.63, 3.8) is 0 Å². The minimum absolute atomic E-state index is 0.00881. The van der Waals surface area contributed by atoms with Crippen LogP contribution in [0.4, 0.5) is 10.5 Å². The van der Waals surface area contributed by atoms with Gasteiger partial charge in [0.25, 0.3) is 0 Å². The van der Waals surface area contributed by atoms with Crippen molar-refractivity contribution in [1.29, 1.82) is 0 Å². The molecule has 4 amide bonds. The molecule has 1 aromatic carbocycles. The first kappa shape index (κ1) is 18.9. The summed E-state index contributed by atoms with van der Waals surface area (Å²) in [5, 5.41) is 0. The number of carbonyl (C=O) groups excluding carboxylic acids is 3. The molecule has 1 fully saturated rings.